The highest BCUT2D eigenvalue weighted by Gasteiger charge is 2.18. The zero-order chi connectivity index (χ0) is 83.7. The fourth-order valence-electron chi connectivity index (χ4n) is 12.5. The number of hydrogen-bond acceptors (Lipinski definition) is 22. The van der Waals surface area contributed by atoms with E-state index in [-0.39, 0.29) is 27.8 Å². The summed E-state index contributed by atoms with van der Waals surface area (Å²) in [6.45, 7) is 11.8. The molecular formula is C91H82N22O7. The Morgan fingerprint density at radius 2 is 0.667 bits per heavy atom. The predicted octanol–water partition coefficient (Wildman–Crippen LogP) is 14.9. The average Bonchev–Trinajstić information content (AvgIpc) is 0.740. The smallest absolute Gasteiger partial charge is 0.290 e. The van der Waals surface area contributed by atoms with Crippen LogP contribution in [0.1, 0.15) is 34.6 Å². The predicted molar refractivity (Wildman–Crippen MR) is 469 cm³/mol. The average molecular weight is 1600 g/mol. The van der Waals surface area contributed by atoms with Gasteiger partial charge in [-0.3, -0.25) is 48.9 Å². The van der Waals surface area contributed by atoms with Gasteiger partial charge in [0.2, 0.25) is 11.7 Å². The van der Waals surface area contributed by atoms with E-state index in [0.717, 1.165) is 77.2 Å². The second-order valence-electron chi connectivity index (χ2n) is 26.4. The van der Waals surface area contributed by atoms with Crippen molar-refractivity contribution in [3.05, 3.63) is 379 Å². The van der Waals surface area contributed by atoms with Gasteiger partial charge in [-0.2, -0.15) is 35.0 Å². The van der Waals surface area contributed by atoms with Crippen LogP contribution in [0.4, 0.5) is 56.9 Å². The lowest BCUT2D eigenvalue weighted by Gasteiger charge is -2.12. The molecule has 0 aliphatic rings. The van der Waals surface area contributed by atoms with Crippen molar-refractivity contribution < 1.29 is 9.46 Å². The molecule has 0 spiro atoms. The monoisotopic (exact) mass is 1590 g/mol. The Labute approximate surface area is 687 Å². The standard InChI is InChI=1S/C21H18N4O2.C21H18N4O.C17H16N4O2.2C16H15N5O/c1-2-24-21(26)19(14-18(23-24)15-8-4-3-5-9-15)22-17-11-6-12-20-16(17)10-7-13-25(20)27;1-2-25-21(26)19(12-18(24-25)15-8-4-3-5-9-15)23-20-14-22-13-16-10-6-7-11-17(16)20;1-2-21-17(22)16(18-14-9-6-10-20(23)12-14)11-15(19-21)13-7-4-3-5-8-13;1-2-21-16(22)15(19-13-6-4-8-18-11-13)9-14(20-21)12-5-3-7-17-10-12;1-2-21-16(22)15(19-13-4-3-7-18-11-13)10-14(20-21)12-5-8-17-9-6-12/h3-14,22H,2H2,1H3;3-14,23H,2H2,1H3;3-12,18H,2H2,1H3;2*3-11,19H,2H2,1H3. The number of pyridine rings is 7. The lowest BCUT2D eigenvalue weighted by molar-refractivity contribution is -0.604. The van der Waals surface area contributed by atoms with Gasteiger partial charge in [0.25, 0.3) is 27.8 Å². The van der Waals surface area contributed by atoms with E-state index in [1.54, 1.807) is 116 Å². The number of nitrogens with zero attached hydrogens (tertiary/aromatic N) is 17. The number of nitrogens with one attached hydrogen (secondary N) is 5. The highest BCUT2D eigenvalue weighted by molar-refractivity contribution is 5.95. The summed E-state index contributed by atoms with van der Waals surface area (Å²) in [5.41, 5.74) is 13.5. The number of aromatic nitrogens is 17. The highest BCUT2D eigenvalue weighted by atomic mass is 16.5. The molecule has 598 valence electrons. The van der Waals surface area contributed by atoms with Gasteiger partial charge >= 0.3 is 0 Å². The van der Waals surface area contributed by atoms with Crippen molar-refractivity contribution in [3.8, 4) is 56.3 Å². The molecule has 0 radical (unpaired) electrons. The van der Waals surface area contributed by atoms with Crippen molar-refractivity contribution in [2.75, 3.05) is 26.6 Å². The quantitative estimate of drug-likeness (QED) is 0.0349. The maximum absolute atomic E-state index is 12.8. The minimum absolute atomic E-state index is 0.153. The summed E-state index contributed by atoms with van der Waals surface area (Å²) in [5.74, 6) is 0. The number of fused-ring (bicyclic) bond motifs is 2. The first-order valence-electron chi connectivity index (χ1n) is 38.5. The van der Waals surface area contributed by atoms with Crippen LogP contribution in [-0.2, 0) is 32.7 Å². The molecule has 0 unspecified atom stereocenters. The second kappa shape index (κ2) is 39.6. The molecule has 0 aliphatic heterocycles. The summed E-state index contributed by atoms with van der Waals surface area (Å²) < 4.78 is 8.67. The van der Waals surface area contributed by atoms with Crippen LogP contribution in [-0.4, -0.2) is 73.8 Å². The number of aryl methyl sites for hydroxylation is 5. The van der Waals surface area contributed by atoms with Crippen molar-refractivity contribution in [1.29, 1.82) is 0 Å². The first-order valence-corrected chi connectivity index (χ1v) is 38.5. The second-order valence-corrected chi connectivity index (χ2v) is 26.4. The highest BCUT2D eigenvalue weighted by Crippen LogP contribution is 2.30. The lowest BCUT2D eigenvalue weighted by Crippen LogP contribution is -2.27. The molecule has 0 fully saturated rings. The molecule has 0 saturated heterocycles. The molecule has 120 heavy (non-hydrogen) atoms. The molecule has 0 saturated carbocycles. The van der Waals surface area contributed by atoms with Gasteiger partial charge in [0, 0.05) is 133 Å². The fourth-order valence-corrected chi connectivity index (χ4v) is 12.5. The number of benzene rings is 5. The van der Waals surface area contributed by atoms with Crippen LogP contribution >= 0.6 is 0 Å². The van der Waals surface area contributed by atoms with Gasteiger partial charge < -0.3 is 37.0 Å². The van der Waals surface area contributed by atoms with Gasteiger partial charge in [-0.1, -0.05) is 121 Å². The summed E-state index contributed by atoms with van der Waals surface area (Å²) in [7, 11) is 0. The van der Waals surface area contributed by atoms with Crippen molar-refractivity contribution in [2.45, 2.75) is 67.3 Å². The summed E-state index contributed by atoms with van der Waals surface area (Å²) in [6, 6.07) is 72.9. The van der Waals surface area contributed by atoms with Crippen LogP contribution in [0.5, 0.6) is 0 Å². The lowest BCUT2D eigenvalue weighted by atomic mass is 10.1. The Kier molecular flexibility index (Phi) is 27.0. The molecule has 5 aromatic carbocycles. The first-order chi connectivity index (χ1) is 58.6. The van der Waals surface area contributed by atoms with E-state index in [1.807, 2.05) is 217 Å². The minimum atomic E-state index is -0.228. The SMILES string of the molecule is CCn1nc(-c2ccccc2)cc(Nc2ccc[n+]([O-])c2)c1=O.CCn1nc(-c2ccccc2)cc(Nc2cccc3c2ccc[n+]3[O-])c1=O.CCn1nc(-c2ccccc2)cc(Nc2cncc3ccccc23)c1=O.CCn1nc(-c2cccnc2)cc(Nc2cccnc2)c1=O.CCn1nc(-c2ccncc2)cc(Nc2cccnc2)c1=O. The van der Waals surface area contributed by atoms with Gasteiger partial charge in [-0.25, -0.2) is 23.4 Å². The molecule has 0 atom stereocenters. The van der Waals surface area contributed by atoms with Crippen LogP contribution in [0.3, 0.4) is 0 Å². The minimum Gasteiger partial charge on any atom is -0.619 e. The number of hydrogen-bond donors (Lipinski definition) is 5. The van der Waals surface area contributed by atoms with E-state index in [9.17, 15) is 34.4 Å². The molecule has 0 aliphatic carbocycles. The van der Waals surface area contributed by atoms with Crippen LogP contribution in [0, 0.1) is 10.4 Å². The molecule has 0 amide bonds. The van der Waals surface area contributed by atoms with E-state index in [0.29, 0.717) is 99.9 Å². The topological polar surface area (TPSA) is 353 Å². The normalized spacial score (nSPS) is 10.6. The Bertz CT molecular complexity index is 6510. The number of rotatable bonds is 20. The number of anilines is 10. The molecule has 5 N–H and O–H groups in total. The summed E-state index contributed by atoms with van der Waals surface area (Å²) >= 11 is 0. The maximum atomic E-state index is 12.8. The summed E-state index contributed by atoms with van der Waals surface area (Å²) in [4.78, 5) is 83.2. The van der Waals surface area contributed by atoms with Crippen molar-refractivity contribution in [3.63, 3.8) is 0 Å². The third kappa shape index (κ3) is 20.4. The molecule has 12 heterocycles. The van der Waals surface area contributed by atoms with Crippen LogP contribution < -0.4 is 63.8 Å². The molecule has 0 bridgehead atoms. The van der Waals surface area contributed by atoms with E-state index in [1.165, 1.54) is 42.0 Å². The summed E-state index contributed by atoms with van der Waals surface area (Å²) in [5, 5.41) is 63.9. The van der Waals surface area contributed by atoms with Crippen molar-refractivity contribution in [1.82, 2.24) is 73.8 Å². The molecule has 29 heteroatoms. The van der Waals surface area contributed by atoms with E-state index < -0.39 is 0 Å². The van der Waals surface area contributed by atoms with E-state index in [4.69, 9.17) is 0 Å². The largest absolute Gasteiger partial charge is 0.619 e. The molecule has 17 aromatic rings. The third-order valence-electron chi connectivity index (χ3n) is 18.5. The Balaban J connectivity index is 0.000000130. The van der Waals surface area contributed by atoms with Crippen molar-refractivity contribution >= 4 is 78.5 Å². The Hall–Kier alpha value is -16.3. The zero-order valence-electron chi connectivity index (χ0n) is 66.0. The van der Waals surface area contributed by atoms with Crippen LogP contribution in [0.25, 0.3) is 78.0 Å². The fraction of sp³-hybridized carbons (Fsp3) is 0.110. The molecule has 17 rings (SSSR count). The third-order valence-corrected chi connectivity index (χ3v) is 18.5. The Morgan fingerprint density at radius 3 is 1.10 bits per heavy atom. The molecule has 29 nitrogen and oxygen atoms in total. The van der Waals surface area contributed by atoms with Gasteiger partial charge in [-0.15, -0.1) is 0 Å². The summed E-state index contributed by atoms with van der Waals surface area (Å²) in [6.07, 6.45) is 21.3. The zero-order valence-corrected chi connectivity index (χ0v) is 66.0. The first kappa shape index (κ1) is 81.7. The van der Waals surface area contributed by atoms with Gasteiger partial charge in [0.05, 0.1) is 75.2 Å². The van der Waals surface area contributed by atoms with Gasteiger partial charge in [0.1, 0.15) is 34.1 Å². The van der Waals surface area contributed by atoms with Crippen LogP contribution in [0.15, 0.2) is 341 Å². The molecule has 12 aromatic heterocycles. The molecular weight excluding hydrogens is 1510 g/mol. The van der Waals surface area contributed by atoms with Gasteiger partial charge in [-0.05, 0) is 132 Å². The van der Waals surface area contributed by atoms with Crippen molar-refractivity contribution in [2.24, 2.45) is 0 Å². The Morgan fingerprint density at radius 1 is 0.292 bits per heavy atom. The van der Waals surface area contributed by atoms with E-state index >= 15 is 0 Å². The van der Waals surface area contributed by atoms with Crippen LogP contribution in [0.2, 0.25) is 0 Å². The van der Waals surface area contributed by atoms with Gasteiger partial charge in [0.15, 0.2) is 12.4 Å². The van der Waals surface area contributed by atoms with E-state index in [2.05, 4.69) is 77.0 Å². The maximum Gasteiger partial charge on any atom is 0.290 e.